The third-order valence-electron chi connectivity index (χ3n) is 3.25. The fourth-order valence-electron chi connectivity index (χ4n) is 2.11. The summed E-state index contributed by atoms with van der Waals surface area (Å²) in [5.74, 6) is -0.0552. The Hall–Kier alpha value is -1.92. The van der Waals surface area contributed by atoms with Gasteiger partial charge in [-0.3, -0.25) is 9.29 Å². The Bertz CT molecular complexity index is 688. The van der Waals surface area contributed by atoms with E-state index in [9.17, 15) is 8.42 Å². The van der Waals surface area contributed by atoms with Gasteiger partial charge in [-0.25, -0.2) is 8.42 Å². The van der Waals surface area contributed by atoms with Crippen LogP contribution in [0.3, 0.4) is 0 Å². The van der Waals surface area contributed by atoms with E-state index in [0.717, 1.165) is 5.56 Å². The molecule has 0 bridgehead atoms. The number of aromatic nitrogens is 1. The molecule has 0 unspecified atom stereocenters. The normalized spacial score (nSPS) is 11.6. The molecule has 5 nitrogen and oxygen atoms in total. The first-order valence-electron chi connectivity index (χ1n) is 7.55. The van der Waals surface area contributed by atoms with Gasteiger partial charge in [0.1, 0.15) is 0 Å². The summed E-state index contributed by atoms with van der Waals surface area (Å²) in [5.41, 5.74) is 1.53. The Balaban J connectivity index is 2.22. The van der Waals surface area contributed by atoms with Crippen LogP contribution in [0.2, 0.25) is 0 Å². The van der Waals surface area contributed by atoms with E-state index in [1.54, 1.807) is 24.5 Å². The average molecular weight is 334 g/mol. The molecule has 0 aliphatic rings. The number of ether oxygens (including phenoxy) is 1. The van der Waals surface area contributed by atoms with Crippen molar-refractivity contribution in [1.29, 1.82) is 0 Å². The lowest BCUT2D eigenvalue weighted by atomic mass is 10.2. The summed E-state index contributed by atoms with van der Waals surface area (Å²) in [6.07, 6.45) is 3.19. The van der Waals surface area contributed by atoms with E-state index in [2.05, 4.69) is 4.98 Å². The van der Waals surface area contributed by atoms with Crippen LogP contribution in [-0.2, 0) is 21.3 Å². The van der Waals surface area contributed by atoms with E-state index in [-0.39, 0.29) is 25.0 Å². The molecule has 0 saturated carbocycles. The fraction of sp³-hybridized carbons (Fsp3) is 0.353. The number of anilines is 1. The molecule has 23 heavy (non-hydrogen) atoms. The maximum Gasteiger partial charge on any atom is 0.237 e. The Morgan fingerprint density at radius 3 is 2.35 bits per heavy atom. The molecule has 1 heterocycles. The summed E-state index contributed by atoms with van der Waals surface area (Å²) in [6.45, 7) is 4.24. The van der Waals surface area contributed by atoms with Crippen molar-refractivity contribution in [3.63, 3.8) is 0 Å². The SMILES string of the molecule is CC(C)OCCS(=O)(=O)N(Cc1ccccc1)c1ccncc1. The zero-order valence-corrected chi connectivity index (χ0v) is 14.2. The molecule has 0 atom stereocenters. The van der Waals surface area contributed by atoms with Gasteiger partial charge in [0.05, 0.1) is 30.7 Å². The summed E-state index contributed by atoms with van der Waals surface area (Å²) in [4.78, 5) is 3.96. The predicted octanol–water partition coefficient (Wildman–Crippen LogP) is 2.84. The van der Waals surface area contributed by atoms with Crippen molar-refractivity contribution in [3.05, 3.63) is 60.4 Å². The van der Waals surface area contributed by atoms with Gasteiger partial charge in [-0.2, -0.15) is 0 Å². The second kappa shape index (κ2) is 8.08. The monoisotopic (exact) mass is 334 g/mol. The quantitative estimate of drug-likeness (QED) is 0.745. The second-order valence-corrected chi connectivity index (χ2v) is 7.45. The van der Waals surface area contributed by atoms with Crippen LogP contribution >= 0.6 is 0 Å². The predicted molar refractivity (Wildman–Crippen MR) is 91.7 cm³/mol. The Morgan fingerprint density at radius 1 is 1.09 bits per heavy atom. The van der Waals surface area contributed by atoms with Gasteiger partial charge in [0.25, 0.3) is 0 Å². The Morgan fingerprint density at radius 2 is 1.74 bits per heavy atom. The molecule has 1 aromatic heterocycles. The first-order valence-corrected chi connectivity index (χ1v) is 9.16. The number of rotatable bonds is 8. The van der Waals surface area contributed by atoms with E-state index >= 15 is 0 Å². The molecule has 6 heteroatoms. The highest BCUT2D eigenvalue weighted by Crippen LogP contribution is 2.20. The van der Waals surface area contributed by atoms with E-state index in [1.807, 2.05) is 44.2 Å². The minimum absolute atomic E-state index is 0.00805. The largest absolute Gasteiger partial charge is 0.378 e. The van der Waals surface area contributed by atoms with Gasteiger partial charge < -0.3 is 4.74 Å². The molecular weight excluding hydrogens is 312 g/mol. The van der Waals surface area contributed by atoms with Gasteiger partial charge in [0, 0.05) is 12.4 Å². The van der Waals surface area contributed by atoms with Crippen molar-refractivity contribution >= 4 is 15.7 Å². The number of hydrogen-bond donors (Lipinski definition) is 0. The van der Waals surface area contributed by atoms with Gasteiger partial charge in [-0.15, -0.1) is 0 Å². The van der Waals surface area contributed by atoms with Gasteiger partial charge >= 0.3 is 0 Å². The first-order chi connectivity index (χ1) is 11.0. The first kappa shape index (κ1) is 17.4. The van der Waals surface area contributed by atoms with Crippen LogP contribution in [0.15, 0.2) is 54.9 Å². The van der Waals surface area contributed by atoms with Crippen molar-refractivity contribution in [3.8, 4) is 0 Å². The minimum Gasteiger partial charge on any atom is -0.378 e. The molecule has 0 aliphatic heterocycles. The maximum absolute atomic E-state index is 12.7. The van der Waals surface area contributed by atoms with E-state index in [4.69, 9.17) is 4.74 Å². The van der Waals surface area contributed by atoms with Crippen LogP contribution in [0.4, 0.5) is 5.69 Å². The Labute approximate surface area is 138 Å². The number of sulfonamides is 1. The Kier molecular flexibility index (Phi) is 6.12. The number of benzene rings is 1. The lowest BCUT2D eigenvalue weighted by Crippen LogP contribution is -2.34. The van der Waals surface area contributed by atoms with Gasteiger partial charge in [0.2, 0.25) is 10.0 Å². The highest BCUT2D eigenvalue weighted by molar-refractivity contribution is 7.92. The topological polar surface area (TPSA) is 59.5 Å². The van der Waals surface area contributed by atoms with Crippen LogP contribution in [-0.4, -0.2) is 31.9 Å². The summed E-state index contributed by atoms with van der Waals surface area (Å²) in [7, 11) is -3.49. The molecule has 0 amide bonds. The van der Waals surface area contributed by atoms with E-state index in [1.165, 1.54) is 4.31 Å². The standard InChI is InChI=1S/C17H22N2O3S/c1-15(2)22-12-13-23(20,21)19(17-8-10-18-11-9-17)14-16-6-4-3-5-7-16/h3-11,15H,12-14H2,1-2H3. The third-order valence-corrected chi connectivity index (χ3v) is 4.94. The van der Waals surface area contributed by atoms with Gasteiger partial charge in [-0.05, 0) is 31.5 Å². The van der Waals surface area contributed by atoms with Crippen molar-refractivity contribution in [2.75, 3.05) is 16.7 Å². The molecule has 2 rings (SSSR count). The number of hydrogen-bond acceptors (Lipinski definition) is 4. The molecule has 0 saturated heterocycles. The van der Waals surface area contributed by atoms with Crippen molar-refractivity contribution < 1.29 is 13.2 Å². The fourth-order valence-corrected chi connectivity index (χ4v) is 3.43. The van der Waals surface area contributed by atoms with Crippen LogP contribution in [0, 0.1) is 0 Å². The van der Waals surface area contributed by atoms with Crippen LogP contribution in [0.25, 0.3) is 0 Å². The number of nitrogens with zero attached hydrogens (tertiary/aromatic N) is 2. The van der Waals surface area contributed by atoms with E-state index in [0.29, 0.717) is 5.69 Å². The van der Waals surface area contributed by atoms with Crippen LogP contribution in [0.1, 0.15) is 19.4 Å². The zero-order valence-electron chi connectivity index (χ0n) is 13.4. The molecule has 0 aliphatic carbocycles. The van der Waals surface area contributed by atoms with Crippen molar-refractivity contribution in [1.82, 2.24) is 4.98 Å². The highest BCUT2D eigenvalue weighted by Gasteiger charge is 2.23. The second-order valence-electron chi connectivity index (χ2n) is 5.43. The third kappa shape index (κ3) is 5.33. The minimum atomic E-state index is -3.49. The number of pyridine rings is 1. The van der Waals surface area contributed by atoms with Gasteiger partial charge in [-0.1, -0.05) is 30.3 Å². The van der Waals surface area contributed by atoms with Crippen molar-refractivity contribution in [2.24, 2.45) is 0 Å². The molecule has 1 aromatic carbocycles. The van der Waals surface area contributed by atoms with Crippen LogP contribution in [0.5, 0.6) is 0 Å². The summed E-state index contributed by atoms with van der Waals surface area (Å²) in [6, 6.07) is 12.9. The van der Waals surface area contributed by atoms with Gasteiger partial charge in [0.15, 0.2) is 0 Å². The lowest BCUT2D eigenvalue weighted by Gasteiger charge is -2.24. The molecule has 2 aromatic rings. The molecule has 0 fully saturated rings. The zero-order chi connectivity index (χ0) is 16.7. The van der Waals surface area contributed by atoms with Crippen molar-refractivity contribution in [2.45, 2.75) is 26.5 Å². The van der Waals surface area contributed by atoms with Crippen LogP contribution < -0.4 is 4.31 Å². The molecule has 0 radical (unpaired) electrons. The summed E-state index contributed by atoms with van der Waals surface area (Å²) < 4.78 is 32.3. The summed E-state index contributed by atoms with van der Waals surface area (Å²) in [5, 5.41) is 0. The lowest BCUT2D eigenvalue weighted by molar-refractivity contribution is 0.0912. The molecular formula is C17H22N2O3S. The summed E-state index contributed by atoms with van der Waals surface area (Å²) >= 11 is 0. The smallest absolute Gasteiger partial charge is 0.237 e. The van der Waals surface area contributed by atoms with E-state index < -0.39 is 10.0 Å². The highest BCUT2D eigenvalue weighted by atomic mass is 32.2. The molecule has 124 valence electrons. The molecule has 0 N–H and O–H groups in total. The molecule has 0 spiro atoms. The maximum atomic E-state index is 12.7. The average Bonchev–Trinajstić information content (AvgIpc) is 2.54.